The predicted molar refractivity (Wildman–Crippen MR) is 43.7 cm³/mol. The third-order valence-electron chi connectivity index (χ3n) is 1.99. The number of hydrogen-bond donors (Lipinski definition) is 1. The highest BCUT2D eigenvalue weighted by molar-refractivity contribution is 5.93. The molecule has 0 saturated heterocycles. The van der Waals surface area contributed by atoms with E-state index in [0.29, 0.717) is 12.1 Å². The van der Waals surface area contributed by atoms with Gasteiger partial charge in [0.1, 0.15) is 6.10 Å². The molecule has 0 spiro atoms. The Morgan fingerprint density at radius 2 is 2.17 bits per heavy atom. The molecule has 0 amide bonds. The average molecular weight is 163 g/mol. The van der Waals surface area contributed by atoms with E-state index in [1.165, 1.54) is 0 Å². The number of carbonyl (C=O) groups excluding carboxylic acids is 1. The van der Waals surface area contributed by atoms with Crippen LogP contribution in [0.4, 0.5) is 0 Å². The Labute approximate surface area is 70.1 Å². The minimum Gasteiger partial charge on any atom is -0.452 e. The fourth-order valence-corrected chi connectivity index (χ4v) is 1.39. The van der Waals surface area contributed by atoms with Crippen LogP contribution in [0.25, 0.3) is 0 Å². The van der Waals surface area contributed by atoms with Gasteiger partial charge in [-0.3, -0.25) is 0 Å². The summed E-state index contributed by atoms with van der Waals surface area (Å²) in [6, 6.07) is 7.33. The van der Waals surface area contributed by atoms with Crippen LogP contribution in [-0.2, 0) is 4.74 Å². The predicted octanol–water partition coefficient (Wildman–Crippen LogP) is 0.857. The van der Waals surface area contributed by atoms with Crippen LogP contribution in [0.15, 0.2) is 24.3 Å². The highest BCUT2D eigenvalue weighted by atomic mass is 16.5. The molecule has 0 fully saturated rings. The van der Waals surface area contributed by atoms with E-state index in [1.54, 1.807) is 6.07 Å². The van der Waals surface area contributed by atoms with E-state index >= 15 is 0 Å². The van der Waals surface area contributed by atoms with Crippen molar-refractivity contribution in [2.75, 3.05) is 6.54 Å². The Morgan fingerprint density at radius 1 is 1.42 bits per heavy atom. The third-order valence-corrected chi connectivity index (χ3v) is 1.99. The quantitative estimate of drug-likeness (QED) is 0.624. The van der Waals surface area contributed by atoms with Gasteiger partial charge in [0, 0.05) is 12.1 Å². The van der Waals surface area contributed by atoms with Crippen molar-refractivity contribution in [3.8, 4) is 0 Å². The Kier molecular flexibility index (Phi) is 1.59. The highest BCUT2D eigenvalue weighted by Gasteiger charge is 2.28. The van der Waals surface area contributed by atoms with Gasteiger partial charge in [-0.05, 0) is 6.07 Å². The maximum Gasteiger partial charge on any atom is 0.339 e. The topological polar surface area (TPSA) is 52.3 Å². The number of hydrogen-bond acceptors (Lipinski definition) is 3. The fraction of sp³-hybridized carbons (Fsp3) is 0.222. The molecule has 62 valence electrons. The number of cyclic esters (lactones) is 1. The van der Waals surface area contributed by atoms with Crippen molar-refractivity contribution in [1.29, 1.82) is 0 Å². The molecule has 0 aromatic heterocycles. The maximum absolute atomic E-state index is 11.2. The molecule has 2 rings (SSSR count). The molecule has 0 saturated carbocycles. The van der Waals surface area contributed by atoms with Crippen LogP contribution in [0.5, 0.6) is 0 Å². The third kappa shape index (κ3) is 0.905. The number of ether oxygens (including phenoxy) is 1. The second kappa shape index (κ2) is 2.60. The minimum atomic E-state index is -0.263. The number of benzene rings is 1. The van der Waals surface area contributed by atoms with Gasteiger partial charge >= 0.3 is 5.97 Å². The molecule has 1 atom stereocenters. The van der Waals surface area contributed by atoms with Crippen LogP contribution in [0.3, 0.4) is 0 Å². The molecule has 1 aliphatic heterocycles. The molecule has 1 aliphatic rings. The second-order valence-electron chi connectivity index (χ2n) is 2.72. The molecule has 0 radical (unpaired) electrons. The van der Waals surface area contributed by atoms with Crippen LogP contribution in [0, 0.1) is 0 Å². The van der Waals surface area contributed by atoms with Crippen molar-refractivity contribution in [3.63, 3.8) is 0 Å². The van der Waals surface area contributed by atoms with Gasteiger partial charge in [-0.25, -0.2) is 4.79 Å². The van der Waals surface area contributed by atoms with Crippen LogP contribution >= 0.6 is 0 Å². The monoisotopic (exact) mass is 163 g/mol. The molecule has 3 nitrogen and oxygen atoms in total. The first-order valence-corrected chi connectivity index (χ1v) is 3.83. The Balaban J connectivity index is 2.50. The number of rotatable bonds is 1. The van der Waals surface area contributed by atoms with Crippen molar-refractivity contribution < 1.29 is 9.53 Å². The summed E-state index contributed by atoms with van der Waals surface area (Å²) in [5, 5.41) is 0. The van der Waals surface area contributed by atoms with Crippen LogP contribution in [0.2, 0.25) is 0 Å². The fourth-order valence-electron chi connectivity index (χ4n) is 1.39. The summed E-state index contributed by atoms with van der Waals surface area (Å²) in [5.41, 5.74) is 6.99. The van der Waals surface area contributed by atoms with Crippen LogP contribution in [0.1, 0.15) is 22.0 Å². The Bertz CT molecular complexity index is 322. The van der Waals surface area contributed by atoms with Gasteiger partial charge in [0.2, 0.25) is 0 Å². The van der Waals surface area contributed by atoms with Crippen molar-refractivity contribution in [2.45, 2.75) is 6.10 Å². The number of fused-ring (bicyclic) bond motifs is 1. The molecular weight excluding hydrogens is 154 g/mol. The molecule has 1 aromatic rings. The first-order valence-electron chi connectivity index (χ1n) is 3.83. The second-order valence-corrected chi connectivity index (χ2v) is 2.72. The molecule has 0 aliphatic carbocycles. The van der Waals surface area contributed by atoms with E-state index in [2.05, 4.69) is 0 Å². The van der Waals surface area contributed by atoms with E-state index in [1.807, 2.05) is 18.2 Å². The standard InChI is InChI=1S/C9H9NO2/c10-5-8-6-3-1-2-4-7(6)9(11)12-8/h1-4,8H,5,10H2. The van der Waals surface area contributed by atoms with E-state index in [0.717, 1.165) is 5.56 Å². The van der Waals surface area contributed by atoms with Gasteiger partial charge in [0.15, 0.2) is 0 Å². The normalized spacial score (nSPS) is 20.4. The number of esters is 1. The van der Waals surface area contributed by atoms with Crippen molar-refractivity contribution >= 4 is 5.97 Å². The van der Waals surface area contributed by atoms with Crippen molar-refractivity contribution in [2.24, 2.45) is 5.73 Å². The first kappa shape index (κ1) is 7.31. The van der Waals surface area contributed by atoms with Gasteiger partial charge in [0.05, 0.1) is 5.56 Å². The van der Waals surface area contributed by atoms with E-state index in [9.17, 15) is 4.79 Å². The van der Waals surface area contributed by atoms with Crippen molar-refractivity contribution in [1.82, 2.24) is 0 Å². The summed E-state index contributed by atoms with van der Waals surface area (Å²) in [5.74, 6) is -0.263. The lowest BCUT2D eigenvalue weighted by Crippen LogP contribution is -2.11. The summed E-state index contributed by atoms with van der Waals surface area (Å²) >= 11 is 0. The first-order chi connectivity index (χ1) is 5.83. The summed E-state index contributed by atoms with van der Waals surface area (Å²) in [6.07, 6.45) is -0.242. The highest BCUT2D eigenvalue weighted by Crippen LogP contribution is 2.28. The molecule has 12 heavy (non-hydrogen) atoms. The lowest BCUT2D eigenvalue weighted by Gasteiger charge is -2.05. The number of carbonyl (C=O) groups is 1. The molecule has 1 heterocycles. The molecule has 0 bridgehead atoms. The zero-order valence-electron chi connectivity index (χ0n) is 6.49. The largest absolute Gasteiger partial charge is 0.452 e. The van der Waals surface area contributed by atoms with Crippen LogP contribution < -0.4 is 5.73 Å². The summed E-state index contributed by atoms with van der Waals surface area (Å²) < 4.78 is 5.02. The molecule has 1 unspecified atom stereocenters. The van der Waals surface area contributed by atoms with E-state index in [-0.39, 0.29) is 12.1 Å². The minimum absolute atomic E-state index is 0.242. The Hall–Kier alpha value is -1.35. The Morgan fingerprint density at radius 3 is 2.92 bits per heavy atom. The van der Waals surface area contributed by atoms with Crippen molar-refractivity contribution in [3.05, 3.63) is 35.4 Å². The lowest BCUT2D eigenvalue weighted by atomic mass is 10.1. The van der Waals surface area contributed by atoms with E-state index in [4.69, 9.17) is 10.5 Å². The zero-order valence-corrected chi connectivity index (χ0v) is 6.49. The molecule has 3 heteroatoms. The molecule has 2 N–H and O–H groups in total. The zero-order chi connectivity index (χ0) is 8.55. The van der Waals surface area contributed by atoms with Gasteiger partial charge in [0.25, 0.3) is 0 Å². The molecule has 1 aromatic carbocycles. The summed E-state index contributed by atoms with van der Waals surface area (Å²) in [7, 11) is 0. The average Bonchev–Trinajstić information content (AvgIpc) is 2.44. The SMILES string of the molecule is NCC1OC(=O)c2ccccc21. The summed E-state index contributed by atoms with van der Waals surface area (Å²) in [4.78, 5) is 11.2. The maximum atomic E-state index is 11.2. The summed E-state index contributed by atoms with van der Waals surface area (Å²) in [6.45, 7) is 0.350. The molecular formula is C9H9NO2. The van der Waals surface area contributed by atoms with Gasteiger partial charge in [-0.1, -0.05) is 18.2 Å². The van der Waals surface area contributed by atoms with Gasteiger partial charge in [-0.2, -0.15) is 0 Å². The van der Waals surface area contributed by atoms with Crippen LogP contribution in [-0.4, -0.2) is 12.5 Å². The van der Waals surface area contributed by atoms with E-state index < -0.39 is 0 Å². The number of nitrogens with two attached hydrogens (primary N) is 1. The lowest BCUT2D eigenvalue weighted by molar-refractivity contribution is 0.0403. The van der Waals surface area contributed by atoms with Gasteiger partial charge < -0.3 is 10.5 Å². The van der Waals surface area contributed by atoms with Gasteiger partial charge in [-0.15, -0.1) is 0 Å². The smallest absolute Gasteiger partial charge is 0.339 e.